The number of halogens is 2. The number of nitriles is 1. The first-order valence-electron chi connectivity index (χ1n) is 7.95. The number of nitrogens with zero attached hydrogens (tertiary/aromatic N) is 3. The molecule has 0 bridgehead atoms. The highest BCUT2D eigenvalue weighted by Gasteiger charge is 2.13. The Kier molecular flexibility index (Phi) is 6.09. The van der Waals surface area contributed by atoms with E-state index >= 15 is 0 Å². The molecule has 0 radical (unpaired) electrons. The summed E-state index contributed by atoms with van der Waals surface area (Å²) in [6.45, 7) is 0. The quantitative estimate of drug-likeness (QED) is 0.441. The van der Waals surface area contributed by atoms with Gasteiger partial charge in [-0.15, -0.1) is 0 Å². The summed E-state index contributed by atoms with van der Waals surface area (Å²) in [5, 5.41) is 13.9. The molecule has 3 aromatic rings. The Bertz CT molecular complexity index is 1140. The van der Waals surface area contributed by atoms with Gasteiger partial charge in [-0.1, -0.05) is 41.9 Å². The molecule has 0 atom stereocenters. The summed E-state index contributed by atoms with van der Waals surface area (Å²) >= 11 is 9.43. The van der Waals surface area contributed by atoms with E-state index in [0.29, 0.717) is 26.4 Å². The number of hydrazone groups is 1. The average Bonchev–Trinajstić information content (AvgIpc) is 2.68. The molecule has 0 aliphatic rings. The van der Waals surface area contributed by atoms with E-state index in [9.17, 15) is 10.1 Å². The Morgan fingerprint density at radius 1 is 1.36 bits per heavy atom. The van der Waals surface area contributed by atoms with Gasteiger partial charge < -0.3 is 4.74 Å². The van der Waals surface area contributed by atoms with Crippen LogP contribution in [0.2, 0.25) is 5.02 Å². The predicted octanol–water partition coefficient (Wildman–Crippen LogP) is 4.18. The highest BCUT2D eigenvalue weighted by atomic mass is 79.9. The van der Waals surface area contributed by atoms with Crippen LogP contribution in [-0.4, -0.2) is 23.3 Å². The van der Waals surface area contributed by atoms with Gasteiger partial charge in [-0.25, -0.2) is 10.4 Å². The molecule has 0 aliphatic heterocycles. The largest absolute Gasteiger partial charge is 0.495 e. The van der Waals surface area contributed by atoms with Crippen LogP contribution in [0.5, 0.6) is 5.75 Å². The van der Waals surface area contributed by atoms with Crippen LogP contribution >= 0.6 is 27.5 Å². The van der Waals surface area contributed by atoms with Crippen LogP contribution in [-0.2, 0) is 0 Å². The second kappa shape index (κ2) is 8.69. The number of hydrogen-bond donors (Lipinski definition) is 2. The van der Waals surface area contributed by atoms with Gasteiger partial charge in [0.15, 0.2) is 0 Å². The maximum atomic E-state index is 12.2. The van der Waals surface area contributed by atoms with Crippen molar-refractivity contribution < 1.29 is 4.74 Å². The van der Waals surface area contributed by atoms with Crippen molar-refractivity contribution in [1.82, 2.24) is 9.97 Å². The fraction of sp³-hybridized carbons (Fsp3) is 0.0526. The van der Waals surface area contributed by atoms with Crippen molar-refractivity contribution in [1.29, 1.82) is 5.26 Å². The fourth-order valence-corrected chi connectivity index (χ4v) is 3.49. The maximum Gasteiger partial charge on any atom is 0.270 e. The normalized spacial score (nSPS) is 10.6. The van der Waals surface area contributed by atoms with Gasteiger partial charge in [-0.2, -0.15) is 10.4 Å². The number of hydrogen-bond acceptors (Lipinski definition) is 6. The average molecular weight is 459 g/mol. The van der Waals surface area contributed by atoms with Gasteiger partial charge in [-0.05, 0) is 28.1 Å². The van der Waals surface area contributed by atoms with Crippen molar-refractivity contribution in [2.75, 3.05) is 12.5 Å². The lowest BCUT2D eigenvalue weighted by Crippen LogP contribution is -2.16. The van der Waals surface area contributed by atoms with Crippen molar-refractivity contribution in [3.8, 4) is 23.1 Å². The van der Waals surface area contributed by atoms with Crippen LogP contribution in [0.1, 0.15) is 11.1 Å². The zero-order chi connectivity index (χ0) is 20.1. The van der Waals surface area contributed by atoms with Gasteiger partial charge in [0.1, 0.15) is 17.4 Å². The number of methoxy groups -OCH3 is 1. The van der Waals surface area contributed by atoms with Gasteiger partial charge in [0.2, 0.25) is 5.95 Å². The monoisotopic (exact) mass is 457 g/mol. The number of benzene rings is 2. The Morgan fingerprint density at radius 2 is 2.11 bits per heavy atom. The minimum atomic E-state index is -0.558. The molecule has 1 heterocycles. The standard InChI is InChI=1S/C19H13BrClN5O2/c1-28-17-12(7-13(21)8-15(17)20)10-23-26-19-24-16(11-5-3-2-4-6-11)14(9-22)18(27)25-19/h2-8,10H,1H3,(H2,24,25,26,27). The number of nitrogens with one attached hydrogen (secondary N) is 2. The molecule has 0 spiro atoms. The van der Waals surface area contributed by atoms with Crippen molar-refractivity contribution in [3.05, 3.63) is 73.4 Å². The number of anilines is 1. The molecule has 0 amide bonds. The third-order valence-electron chi connectivity index (χ3n) is 3.69. The van der Waals surface area contributed by atoms with E-state index in [1.807, 2.05) is 12.1 Å². The van der Waals surface area contributed by atoms with E-state index in [-0.39, 0.29) is 17.2 Å². The lowest BCUT2D eigenvalue weighted by Gasteiger charge is -2.08. The second-order valence-corrected chi connectivity index (χ2v) is 6.79. The Hall–Kier alpha value is -3.15. The summed E-state index contributed by atoms with van der Waals surface area (Å²) in [6.07, 6.45) is 1.48. The number of aromatic nitrogens is 2. The first-order valence-corrected chi connectivity index (χ1v) is 9.12. The van der Waals surface area contributed by atoms with Gasteiger partial charge in [0.05, 0.1) is 23.5 Å². The van der Waals surface area contributed by atoms with E-state index < -0.39 is 5.56 Å². The van der Waals surface area contributed by atoms with E-state index in [1.54, 1.807) is 36.4 Å². The minimum Gasteiger partial charge on any atom is -0.495 e. The van der Waals surface area contributed by atoms with Crippen LogP contribution < -0.4 is 15.7 Å². The van der Waals surface area contributed by atoms with Crippen molar-refractivity contribution in [2.24, 2.45) is 5.10 Å². The fourth-order valence-electron chi connectivity index (χ4n) is 2.49. The molecule has 0 saturated carbocycles. The molecule has 2 N–H and O–H groups in total. The number of H-pyrrole nitrogens is 1. The number of ether oxygens (including phenoxy) is 1. The third kappa shape index (κ3) is 4.22. The third-order valence-corrected chi connectivity index (χ3v) is 4.50. The van der Waals surface area contributed by atoms with Gasteiger partial charge in [0, 0.05) is 16.1 Å². The minimum absolute atomic E-state index is 0.0684. The zero-order valence-corrected chi connectivity index (χ0v) is 16.9. The summed E-state index contributed by atoms with van der Waals surface area (Å²) in [5.41, 5.74) is 3.58. The van der Waals surface area contributed by atoms with Gasteiger partial charge in [0.25, 0.3) is 5.56 Å². The molecule has 0 aliphatic carbocycles. The van der Waals surface area contributed by atoms with Crippen LogP contribution in [0.25, 0.3) is 11.3 Å². The molecule has 0 unspecified atom stereocenters. The molecule has 2 aromatic carbocycles. The summed E-state index contributed by atoms with van der Waals surface area (Å²) in [4.78, 5) is 19.0. The van der Waals surface area contributed by atoms with Crippen molar-refractivity contribution in [2.45, 2.75) is 0 Å². The summed E-state index contributed by atoms with van der Waals surface area (Å²) < 4.78 is 6.01. The van der Waals surface area contributed by atoms with Crippen LogP contribution in [0.3, 0.4) is 0 Å². The molecular weight excluding hydrogens is 446 g/mol. The topological polar surface area (TPSA) is 103 Å². The van der Waals surface area contributed by atoms with E-state index in [4.69, 9.17) is 16.3 Å². The highest BCUT2D eigenvalue weighted by Crippen LogP contribution is 2.31. The summed E-state index contributed by atoms with van der Waals surface area (Å²) in [7, 11) is 1.53. The first kappa shape index (κ1) is 19.6. The molecule has 28 heavy (non-hydrogen) atoms. The predicted molar refractivity (Wildman–Crippen MR) is 112 cm³/mol. The molecule has 7 nitrogen and oxygen atoms in total. The van der Waals surface area contributed by atoms with Crippen molar-refractivity contribution in [3.63, 3.8) is 0 Å². The lowest BCUT2D eigenvalue weighted by molar-refractivity contribution is 0.411. The smallest absolute Gasteiger partial charge is 0.270 e. The molecule has 3 rings (SSSR count). The first-order chi connectivity index (χ1) is 13.5. The van der Waals surface area contributed by atoms with Crippen LogP contribution in [0.4, 0.5) is 5.95 Å². The zero-order valence-electron chi connectivity index (χ0n) is 14.5. The SMILES string of the molecule is COc1c(Br)cc(Cl)cc1C=NNc1nc(-c2ccccc2)c(C#N)c(=O)[nH]1. The van der Waals surface area contributed by atoms with E-state index in [2.05, 4.69) is 36.4 Å². The molecule has 9 heteroatoms. The Morgan fingerprint density at radius 3 is 2.79 bits per heavy atom. The Labute approximate surface area is 173 Å². The second-order valence-electron chi connectivity index (χ2n) is 5.50. The molecule has 0 fully saturated rings. The number of aromatic amines is 1. The summed E-state index contributed by atoms with van der Waals surface area (Å²) in [5.74, 6) is 0.653. The highest BCUT2D eigenvalue weighted by molar-refractivity contribution is 9.10. The van der Waals surface area contributed by atoms with E-state index in [0.717, 1.165) is 0 Å². The molecule has 0 saturated heterocycles. The lowest BCUT2D eigenvalue weighted by atomic mass is 10.1. The Balaban J connectivity index is 1.95. The molecule has 140 valence electrons. The van der Waals surface area contributed by atoms with E-state index in [1.165, 1.54) is 13.3 Å². The maximum absolute atomic E-state index is 12.2. The van der Waals surface area contributed by atoms with Crippen LogP contribution in [0, 0.1) is 11.3 Å². The van der Waals surface area contributed by atoms with Crippen molar-refractivity contribution >= 4 is 39.7 Å². The van der Waals surface area contributed by atoms with Crippen LogP contribution in [0.15, 0.2) is 56.8 Å². The summed E-state index contributed by atoms with van der Waals surface area (Å²) in [6, 6.07) is 14.2. The van der Waals surface area contributed by atoms with Gasteiger partial charge >= 0.3 is 0 Å². The molecular formula is C19H13BrClN5O2. The molecule has 1 aromatic heterocycles. The number of rotatable bonds is 5. The van der Waals surface area contributed by atoms with Gasteiger partial charge in [-0.3, -0.25) is 9.78 Å².